The summed E-state index contributed by atoms with van der Waals surface area (Å²) in [4.78, 5) is 31.0. The second kappa shape index (κ2) is 8.78. The number of aryl methyl sites for hydroxylation is 2. The minimum Gasteiger partial charge on any atom is -0.330 e. The monoisotopic (exact) mass is 430 g/mol. The average molecular weight is 431 g/mol. The molecule has 0 spiro atoms. The summed E-state index contributed by atoms with van der Waals surface area (Å²) in [5.41, 5.74) is 4.50. The van der Waals surface area contributed by atoms with Crippen LogP contribution in [0.2, 0.25) is 5.02 Å². The third kappa shape index (κ3) is 4.39. The van der Waals surface area contributed by atoms with Crippen LogP contribution in [0.1, 0.15) is 32.6 Å². The van der Waals surface area contributed by atoms with Crippen molar-refractivity contribution in [3.8, 4) is 0 Å². The van der Waals surface area contributed by atoms with Crippen molar-refractivity contribution in [3.05, 3.63) is 116 Å². The molecule has 0 unspecified atom stereocenters. The fraction of sp³-hybridized carbons (Fsp3) is 0.154. The van der Waals surface area contributed by atoms with Crippen LogP contribution in [0.4, 0.5) is 0 Å². The number of carbonyl (C=O) groups is 1. The number of aromatic nitrogens is 1. The summed E-state index contributed by atoms with van der Waals surface area (Å²) in [5.74, 6) is -0.137. The number of rotatable bonds is 5. The van der Waals surface area contributed by atoms with E-state index >= 15 is 0 Å². The first-order chi connectivity index (χ1) is 14.9. The topological polar surface area (TPSA) is 53.2 Å². The highest BCUT2D eigenvalue weighted by atomic mass is 35.5. The van der Waals surface area contributed by atoms with Crippen molar-refractivity contribution in [3.63, 3.8) is 0 Å². The molecule has 31 heavy (non-hydrogen) atoms. The number of halogens is 1. The summed E-state index contributed by atoms with van der Waals surface area (Å²) in [7, 11) is 0. The van der Waals surface area contributed by atoms with Crippen molar-refractivity contribution in [2.75, 3.05) is 0 Å². The number of hydrogen-bond donors (Lipinski definition) is 1. The van der Waals surface area contributed by atoms with Crippen LogP contribution in [-0.2, 0) is 13.1 Å². The van der Waals surface area contributed by atoms with Crippen LogP contribution in [-0.4, -0.2) is 15.8 Å². The number of nitrogens with zero attached hydrogens (tertiary/aromatic N) is 1. The quantitative estimate of drug-likeness (QED) is 0.445. The third-order valence-corrected chi connectivity index (χ3v) is 5.88. The van der Waals surface area contributed by atoms with E-state index in [1.165, 1.54) is 0 Å². The van der Waals surface area contributed by atoms with E-state index in [-0.39, 0.29) is 18.0 Å². The highest BCUT2D eigenvalue weighted by Crippen LogP contribution is 2.22. The average Bonchev–Trinajstić information content (AvgIpc) is 2.76. The number of amides is 1. The molecule has 4 aromatic rings. The Morgan fingerprint density at radius 1 is 0.871 bits per heavy atom. The van der Waals surface area contributed by atoms with Crippen LogP contribution in [0.5, 0.6) is 0 Å². The van der Waals surface area contributed by atoms with Gasteiger partial charge in [0.15, 0.2) is 0 Å². The van der Waals surface area contributed by atoms with Gasteiger partial charge in [0, 0.05) is 22.7 Å². The third-order valence-electron chi connectivity index (χ3n) is 5.51. The van der Waals surface area contributed by atoms with Gasteiger partial charge >= 0.3 is 0 Å². The van der Waals surface area contributed by atoms with Crippen molar-refractivity contribution < 1.29 is 4.79 Å². The molecule has 1 N–H and O–H groups in total. The van der Waals surface area contributed by atoms with Gasteiger partial charge in [-0.25, -0.2) is 0 Å². The fourth-order valence-electron chi connectivity index (χ4n) is 3.77. The normalized spacial score (nSPS) is 10.9. The van der Waals surface area contributed by atoms with Crippen LogP contribution in [0, 0.1) is 13.8 Å². The number of benzene rings is 3. The summed E-state index contributed by atoms with van der Waals surface area (Å²) in [5, 5.41) is 1.53. The zero-order valence-electron chi connectivity index (χ0n) is 17.5. The molecule has 0 bridgehead atoms. The Kier molecular flexibility index (Phi) is 5.92. The molecule has 1 amide bonds. The Hall–Kier alpha value is -3.37. The summed E-state index contributed by atoms with van der Waals surface area (Å²) in [6, 6.07) is 22.7. The molecular weight excluding hydrogens is 408 g/mol. The van der Waals surface area contributed by atoms with Gasteiger partial charge in [-0.1, -0.05) is 66.2 Å². The van der Waals surface area contributed by atoms with Gasteiger partial charge in [-0.05, 0) is 54.1 Å². The molecule has 156 valence electrons. The standard InChI is InChI=1S/C26H23ClN2O2/c1-17-8-3-5-12-22(17)26(31)29(15-20-10-4-6-13-23(20)27)16-21-14-19-11-7-9-18(2)24(19)28-25(21)30/h3-14H,15-16H2,1-2H3,(H,28,30). The van der Waals surface area contributed by atoms with Crippen molar-refractivity contribution in [2.24, 2.45) is 0 Å². The Labute approximate surface area is 186 Å². The van der Waals surface area contributed by atoms with Gasteiger partial charge in [0.05, 0.1) is 12.1 Å². The minimum absolute atomic E-state index is 0.137. The predicted molar refractivity (Wildman–Crippen MR) is 126 cm³/mol. The van der Waals surface area contributed by atoms with Crippen LogP contribution in [0.3, 0.4) is 0 Å². The maximum absolute atomic E-state index is 13.5. The van der Waals surface area contributed by atoms with E-state index in [0.717, 1.165) is 27.6 Å². The zero-order valence-corrected chi connectivity index (χ0v) is 18.2. The lowest BCUT2D eigenvalue weighted by Gasteiger charge is -2.24. The summed E-state index contributed by atoms with van der Waals surface area (Å²) < 4.78 is 0. The second-order valence-electron chi connectivity index (χ2n) is 7.73. The van der Waals surface area contributed by atoms with Crippen molar-refractivity contribution in [2.45, 2.75) is 26.9 Å². The number of H-pyrrole nitrogens is 1. The lowest BCUT2D eigenvalue weighted by atomic mass is 10.1. The van der Waals surface area contributed by atoms with Gasteiger partial charge in [0.2, 0.25) is 0 Å². The molecule has 3 aromatic carbocycles. The SMILES string of the molecule is Cc1ccccc1C(=O)N(Cc1ccccc1Cl)Cc1cc2cccc(C)c2[nH]c1=O. The van der Waals surface area contributed by atoms with Gasteiger partial charge in [-0.3, -0.25) is 9.59 Å². The maximum atomic E-state index is 13.5. The number of hydrogen-bond acceptors (Lipinski definition) is 2. The molecule has 4 nitrogen and oxygen atoms in total. The van der Waals surface area contributed by atoms with E-state index in [1.54, 1.807) is 11.0 Å². The van der Waals surface area contributed by atoms with Crippen molar-refractivity contribution >= 4 is 28.4 Å². The number of nitrogens with one attached hydrogen (secondary N) is 1. The Morgan fingerprint density at radius 3 is 2.32 bits per heavy atom. The number of aromatic amines is 1. The van der Waals surface area contributed by atoms with E-state index in [0.29, 0.717) is 22.7 Å². The highest BCUT2D eigenvalue weighted by molar-refractivity contribution is 6.31. The number of fused-ring (bicyclic) bond motifs is 1. The molecule has 0 aliphatic carbocycles. The van der Waals surface area contributed by atoms with Gasteiger partial charge < -0.3 is 9.88 Å². The first-order valence-electron chi connectivity index (χ1n) is 10.1. The molecule has 0 aliphatic heterocycles. The number of pyridine rings is 1. The summed E-state index contributed by atoms with van der Waals surface area (Å²) >= 11 is 6.37. The van der Waals surface area contributed by atoms with E-state index in [2.05, 4.69) is 4.98 Å². The first-order valence-corrected chi connectivity index (χ1v) is 10.5. The zero-order chi connectivity index (χ0) is 22.0. The number of para-hydroxylation sites is 1. The maximum Gasteiger partial charge on any atom is 0.254 e. The van der Waals surface area contributed by atoms with Crippen LogP contribution < -0.4 is 5.56 Å². The van der Waals surface area contributed by atoms with Crippen LogP contribution >= 0.6 is 11.6 Å². The molecule has 0 aliphatic rings. The summed E-state index contributed by atoms with van der Waals surface area (Å²) in [6.07, 6.45) is 0. The summed E-state index contributed by atoms with van der Waals surface area (Å²) in [6.45, 7) is 4.35. The molecule has 1 heterocycles. The number of carbonyl (C=O) groups excluding carboxylic acids is 1. The lowest BCUT2D eigenvalue weighted by molar-refractivity contribution is 0.0729. The molecule has 0 atom stereocenters. The predicted octanol–water partition coefficient (Wildman–Crippen LogP) is 5.64. The van der Waals surface area contributed by atoms with Gasteiger partial charge in [0.1, 0.15) is 0 Å². The molecular formula is C26H23ClN2O2. The molecule has 0 saturated heterocycles. The highest BCUT2D eigenvalue weighted by Gasteiger charge is 2.20. The van der Waals surface area contributed by atoms with E-state index in [1.807, 2.05) is 80.6 Å². The smallest absolute Gasteiger partial charge is 0.254 e. The molecule has 5 heteroatoms. The van der Waals surface area contributed by atoms with Crippen LogP contribution in [0.25, 0.3) is 10.9 Å². The van der Waals surface area contributed by atoms with Gasteiger partial charge in [0.25, 0.3) is 11.5 Å². The lowest BCUT2D eigenvalue weighted by Crippen LogP contribution is -2.33. The Morgan fingerprint density at radius 2 is 1.55 bits per heavy atom. The van der Waals surface area contributed by atoms with Crippen molar-refractivity contribution in [1.29, 1.82) is 0 Å². The van der Waals surface area contributed by atoms with E-state index in [4.69, 9.17) is 11.6 Å². The molecule has 0 radical (unpaired) electrons. The molecule has 0 saturated carbocycles. The van der Waals surface area contributed by atoms with Crippen LogP contribution in [0.15, 0.2) is 77.6 Å². The molecule has 4 rings (SSSR count). The van der Waals surface area contributed by atoms with Crippen molar-refractivity contribution in [1.82, 2.24) is 9.88 Å². The molecule has 0 fully saturated rings. The first kappa shape index (κ1) is 20.9. The van der Waals surface area contributed by atoms with E-state index < -0.39 is 0 Å². The Bertz CT molecular complexity index is 1330. The largest absolute Gasteiger partial charge is 0.330 e. The van der Waals surface area contributed by atoms with Gasteiger partial charge in [-0.2, -0.15) is 0 Å². The van der Waals surface area contributed by atoms with Gasteiger partial charge in [-0.15, -0.1) is 0 Å². The van der Waals surface area contributed by atoms with E-state index in [9.17, 15) is 9.59 Å². The fourth-order valence-corrected chi connectivity index (χ4v) is 3.96. The Balaban J connectivity index is 1.76. The minimum atomic E-state index is -0.191. The molecule has 1 aromatic heterocycles. The second-order valence-corrected chi connectivity index (χ2v) is 8.14.